The van der Waals surface area contributed by atoms with Gasteiger partial charge in [0.2, 0.25) is 5.91 Å². The van der Waals surface area contributed by atoms with Crippen LogP contribution in [0.1, 0.15) is 19.8 Å². The molecule has 5 nitrogen and oxygen atoms in total. The van der Waals surface area contributed by atoms with Crippen LogP contribution in [0.25, 0.3) is 0 Å². The maximum Gasteiger partial charge on any atom is 0.246 e. The average Bonchev–Trinajstić information content (AvgIpc) is 2.25. The third kappa shape index (κ3) is 5.71. The van der Waals surface area contributed by atoms with E-state index in [1.54, 1.807) is 6.92 Å². The summed E-state index contributed by atoms with van der Waals surface area (Å²) in [7, 11) is 0. The number of aliphatic hydroxyl groups is 1. The molecule has 15 heavy (non-hydrogen) atoms. The molecule has 0 saturated carbocycles. The van der Waals surface area contributed by atoms with Gasteiger partial charge in [0.05, 0.1) is 12.2 Å². The molecule has 0 bridgehead atoms. The molecule has 1 atom stereocenters. The summed E-state index contributed by atoms with van der Waals surface area (Å²) in [6.45, 7) is 3.93. The number of amides is 1. The van der Waals surface area contributed by atoms with Crippen molar-refractivity contribution in [3.8, 4) is 0 Å². The SMILES string of the molecule is C[C@H](O)CNC(=O)COC1CCNCC1. The summed E-state index contributed by atoms with van der Waals surface area (Å²) in [6.07, 6.45) is 1.62. The van der Waals surface area contributed by atoms with Crippen molar-refractivity contribution < 1.29 is 14.6 Å². The van der Waals surface area contributed by atoms with Crippen molar-refractivity contribution in [3.05, 3.63) is 0 Å². The number of aliphatic hydroxyl groups excluding tert-OH is 1. The molecule has 0 unspecified atom stereocenters. The third-order valence-corrected chi connectivity index (χ3v) is 2.33. The smallest absolute Gasteiger partial charge is 0.246 e. The summed E-state index contributed by atoms with van der Waals surface area (Å²) in [4.78, 5) is 11.2. The highest BCUT2D eigenvalue weighted by atomic mass is 16.5. The van der Waals surface area contributed by atoms with Crippen LogP contribution in [0.2, 0.25) is 0 Å². The molecule has 0 aliphatic carbocycles. The molecule has 0 radical (unpaired) electrons. The lowest BCUT2D eigenvalue weighted by Crippen LogP contribution is -2.37. The molecule has 1 saturated heterocycles. The van der Waals surface area contributed by atoms with Gasteiger partial charge >= 0.3 is 0 Å². The number of carbonyl (C=O) groups excluding carboxylic acids is 1. The number of hydrogen-bond acceptors (Lipinski definition) is 4. The molecule has 1 fully saturated rings. The summed E-state index contributed by atoms with van der Waals surface area (Å²) < 4.78 is 5.44. The van der Waals surface area contributed by atoms with Crippen LogP contribution in [0.5, 0.6) is 0 Å². The largest absolute Gasteiger partial charge is 0.392 e. The van der Waals surface area contributed by atoms with Crippen molar-refractivity contribution in [3.63, 3.8) is 0 Å². The van der Waals surface area contributed by atoms with Crippen LogP contribution in [-0.4, -0.2) is 49.5 Å². The summed E-state index contributed by atoms with van der Waals surface area (Å²) in [5.74, 6) is -0.158. The highest BCUT2D eigenvalue weighted by Crippen LogP contribution is 2.06. The second-order valence-corrected chi connectivity index (χ2v) is 3.91. The minimum Gasteiger partial charge on any atom is -0.392 e. The molecular formula is C10H20N2O3. The molecule has 1 amide bonds. The van der Waals surface area contributed by atoms with Crippen molar-refractivity contribution in [1.82, 2.24) is 10.6 Å². The fraction of sp³-hybridized carbons (Fsp3) is 0.900. The Morgan fingerprint density at radius 1 is 1.60 bits per heavy atom. The molecular weight excluding hydrogens is 196 g/mol. The highest BCUT2D eigenvalue weighted by molar-refractivity contribution is 5.77. The number of ether oxygens (including phenoxy) is 1. The van der Waals surface area contributed by atoms with Crippen molar-refractivity contribution in [1.29, 1.82) is 0 Å². The van der Waals surface area contributed by atoms with Crippen molar-refractivity contribution in [2.45, 2.75) is 32.0 Å². The average molecular weight is 216 g/mol. The Bertz CT molecular complexity index is 191. The van der Waals surface area contributed by atoms with Crippen molar-refractivity contribution in [2.24, 2.45) is 0 Å². The standard InChI is InChI=1S/C10H20N2O3/c1-8(13)6-12-10(14)7-15-9-2-4-11-5-3-9/h8-9,11,13H,2-7H2,1H3,(H,12,14)/t8-/m0/s1. The van der Waals surface area contributed by atoms with E-state index >= 15 is 0 Å². The quantitative estimate of drug-likeness (QED) is 0.565. The maximum absolute atomic E-state index is 11.2. The van der Waals surface area contributed by atoms with E-state index in [1.807, 2.05) is 0 Å². The fourth-order valence-electron chi connectivity index (χ4n) is 1.47. The topological polar surface area (TPSA) is 70.6 Å². The molecule has 1 heterocycles. The van der Waals surface area contributed by atoms with E-state index in [9.17, 15) is 4.79 Å². The third-order valence-electron chi connectivity index (χ3n) is 2.33. The Morgan fingerprint density at radius 2 is 2.27 bits per heavy atom. The van der Waals surface area contributed by atoms with Gasteiger partial charge in [-0.25, -0.2) is 0 Å². The second-order valence-electron chi connectivity index (χ2n) is 3.91. The van der Waals surface area contributed by atoms with Gasteiger partial charge in [-0.2, -0.15) is 0 Å². The Morgan fingerprint density at radius 3 is 2.87 bits per heavy atom. The Kier molecular flexibility index (Phi) is 5.60. The summed E-state index contributed by atoms with van der Waals surface area (Å²) in [6, 6.07) is 0. The number of rotatable bonds is 5. The first-order valence-corrected chi connectivity index (χ1v) is 5.45. The predicted molar refractivity (Wildman–Crippen MR) is 56.5 cm³/mol. The molecule has 0 aromatic rings. The minimum absolute atomic E-state index is 0.0946. The van der Waals surface area contributed by atoms with Crippen LogP contribution >= 0.6 is 0 Å². The first-order chi connectivity index (χ1) is 7.18. The van der Waals surface area contributed by atoms with Gasteiger partial charge in [-0.15, -0.1) is 0 Å². The lowest BCUT2D eigenvalue weighted by Gasteiger charge is -2.22. The van der Waals surface area contributed by atoms with E-state index in [0.29, 0.717) is 0 Å². The molecule has 1 aliphatic heterocycles. The summed E-state index contributed by atoms with van der Waals surface area (Å²) in [5.41, 5.74) is 0. The molecule has 0 aromatic heterocycles. The first kappa shape index (κ1) is 12.4. The molecule has 1 aliphatic rings. The first-order valence-electron chi connectivity index (χ1n) is 5.45. The Labute approximate surface area is 90.2 Å². The van der Waals surface area contributed by atoms with Crippen LogP contribution in [0.4, 0.5) is 0 Å². The van der Waals surface area contributed by atoms with E-state index in [1.165, 1.54) is 0 Å². The Balaban J connectivity index is 2.05. The zero-order valence-electron chi connectivity index (χ0n) is 9.16. The monoisotopic (exact) mass is 216 g/mol. The second kappa shape index (κ2) is 6.76. The summed E-state index contributed by atoms with van der Waals surface area (Å²) in [5, 5.41) is 14.8. The maximum atomic E-state index is 11.2. The van der Waals surface area contributed by atoms with Gasteiger partial charge in [-0.05, 0) is 32.9 Å². The normalized spacial score (nSPS) is 19.9. The number of hydrogen-bond donors (Lipinski definition) is 3. The van der Waals surface area contributed by atoms with Gasteiger partial charge in [0.25, 0.3) is 0 Å². The van der Waals surface area contributed by atoms with Gasteiger partial charge in [0.1, 0.15) is 6.61 Å². The van der Waals surface area contributed by atoms with E-state index in [0.717, 1.165) is 25.9 Å². The van der Waals surface area contributed by atoms with E-state index in [4.69, 9.17) is 9.84 Å². The highest BCUT2D eigenvalue weighted by Gasteiger charge is 2.14. The number of carbonyl (C=O) groups is 1. The molecule has 3 N–H and O–H groups in total. The molecule has 88 valence electrons. The molecule has 1 rings (SSSR count). The molecule has 5 heteroatoms. The van der Waals surface area contributed by atoms with E-state index in [2.05, 4.69) is 10.6 Å². The van der Waals surface area contributed by atoms with E-state index < -0.39 is 6.10 Å². The lowest BCUT2D eigenvalue weighted by molar-refractivity contribution is -0.128. The van der Waals surface area contributed by atoms with Crippen LogP contribution in [0, 0.1) is 0 Å². The van der Waals surface area contributed by atoms with Gasteiger partial charge in [0, 0.05) is 6.54 Å². The van der Waals surface area contributed by atoms with Crippen molar-refractivity contribution in [2.75, 3.05) is 26.2 Å². The number of nitrogens with one attached hydrogen (secondary N) is 2. The molecule has 0 aromatic carbocycles. The van der Waals surface area contributed by atoms with Gasteiger partial charge in [-0.1, -0.05) is 0 Å². The lowest BCUT2D eigenvalue weighted by atomic mass is 10.1. The minimum atomic E-state index is -0.507. The van der Waals surface area contributed by atoms with Gasteiger partial charge < -0.3 is 20.5 Å². The zero-order valence-corrected chi connectivity index (χ0v) is 9.16. The van der Waals surface area contributed by atoms with Gasteiger partial charge in [-0.3, -0.25) is 4.79 Å². The molecule has 0 spiro atoms. The summed E-state index contributed by atoms with van der Waals surface area (Å²) >= 11 is 0. The van der Waals surface area contributed by atoms with Crippen molar-refractivity contribution >= 4 is 5.91 Å². The van der Waals surface area contributed by atoms with Crippen LogP contribution < -0.4 is 10.6 Å². The number of piperidine rings is 1. The Hall–Kier alpha value is -0.650. The van der Waals surface area contributed by atoms with E-state index in [-0.39, 0.29) is 25.2 Å². The fourth-order valence-corrected chi connectivity index (χ4v) is 1.47. The zero-order chi connectivity index (χ0) is 11.1. The van der Waals surface area contributed by atoms with Crippen LogP contribution in [-0.2, 0) is 9.53 Å². The van der Waals surface area contributed by atoms with Crippen LogP contribution in [0.15, 0.2) is 0 Å². The van der Waals surface area contributed by atoms with Gasteiger partial charge in [0.15, 0.2) is 0 Å². The van der Waals surface area contributed by atoms with Crippen LogP contribution in [0.3, 0.4) is 0 Å². The predicted octanol–water partition coefficient (Wildman–Crippen LogP) is -0.748.